The van der Waals surface area contributed by atoms with E-state index in [1.54, 1.807) is 0 Å². The van der Waals surface area contributed by atoms with Crippen LogP contribution in [0.15, 0.2) is 24.3 Å². The molecule has 1 aromatic carbocycles. The summed E-state index contributed by atoms with van der Waals surface area (Å²) in [6.07, 6.45) is 1.25. The molecule has 1 fully saturated rings. The van der Waals surface area contributed by atoms with Crippen molar-refractivity contribution in [2.45, 2.75) is 19.4 Å². The summed E-state index contributed by atoms with van der Waals surface area (Å²) in [7, 11) is 0. The van der Waals surface area contributed by atoms with Crippen LogP contribution >= 0.6 is 0 Å². The summed E-state index contributed by atoms with van der Waals surface area (Å²) >= 11 is 0. The van der Waals surface area contributed by atoms with E-state index >= 15 is 0 Å². The Kier molecular flexibility index (Phi) is 4.19. The maximum atomic E-state index is 5.68. The predicted octanol–water partition coefficient (Wildman–Crippen LogP) is 1.75. The van der Waals surface area contributed by atoms with Crippen molar-refractivity contribution in [3.63, 3.8) is 0 Å². The molecule has 3 heteroatoms. The molecule has 1 saturated heterocycles. The van der Waals surface area contributed by atoms with Crippen LogP contribution in [0, 0.1) is 6.92 Å². The summed E-state index contributed by atoms with van der Waals surface area (Å²) < 4.78 is 11.3. The van der Waals surface area contributed by atoms with Crippen molar-refractivity contribution in [3.05, 3.63) is 29.8 Å². The zero-order valence-corrected chi connectivity index (χ0v) is 9.74. The lowest BCUT2D eigenvalue weighted by molar-refractivity contribution is 0.0159. The van der Waals surface area contributed by atoms with E-state index in [0.717, 1.165) is 38.5 Å². The second kappa shape index (κ2) is 5.87. The van der Waals surface area contributed by atoms with E-state index in [4.69, 9.17) is 9.47 Å². The first-order chi connectivity index (χ1) is 7.84. The first-order valence-corrected chi connectivity index (χ1v) is 5.86. The van der Waals surface area contributed by atoms with E-state index in [-0.39, 0.29) is 0 Å². The monoisotopic (exact) mass is 221 g/mol. The molecule has 1 aliphatic rings. The molecule has 1 unspecified atom stereocenters. The normalized spacial score (nSPS) is 20.7. The highest BCUT2D eigenvalue weighted by Gasteiger charge is 2.12. The van der Waals surface area contributed by atoms with E-state index in [9.17, 15) is 0 Å². The zero-order chi connectivity index (χ0) is 11.2. The van der Waals surface area contributed by atoms with Crippen molar-refractivity contribution < 1.29 is 9.47 Å². The maximum absolute atomic E-state index is 5.68. The summed E-state index contributed by atoms with van der Waals surface area (Å²) in [5.74, 6) is 0.948. The molecule has 1 atom stereocenters. The van der Waals surface area contributed by atoms with Crippen LogP contribution in [0.5, 0.6) is 5.75 Å². The molecule has 1 N–H and O–H groups in total. The van der Waals surface area contributed by atoms with Crippen molar-refractivity contribution in [1.29, 1.82) is 0 Å². The highest BCUT2D eigenvalue weighted by Crippen LogP contribution is 2.13. The third-order valence-corrected chi connectivity index (χ3v) is 2.70. The smallest absolute Gasteiger partial charge is 0.119 e. The Hall–Kier alpha value is -1.06. The second-order valence-electron chi connectivity index (χ2n) is 4.15. The van der Waals surface area contributed by atoms with Crippen LogP contribution in [-0.4, -0.2) is 32.4 Å². The Bertz CT molecular complexity index is 321. The number of ether oxygens (including phenoxy) is 2. The molecular formula is C13H19NO2. The Labute approximate surface area is 96.8 Å². The lowest BCUT2D eigenvalue weighted by atomic mass is 10.2. The number of hydrogen-bond acceptors (Lipinski definition) is 3. The van der Waals surface area contributed by atoms with Gasteiger partial charge in [-0.25, -0.2) is 0 Å². The van der Waals surface area contributed by atoms with Crippen molar-refractivity contribution in [3.8, 4) is 5.75 Å². The van der Waals surface area contributed by atoms with Crippen molar-refractivity contribution >= 4 is 0 Å². The molecule has 3 nitrogen and oxygen atoms in total. The fourth-order valence-electron chi connectivity index (χ4n) is 1.82. The van der Waals surface area contributed by atoms with Gasteiger partial charge in [0.2, 0.25) is 0 Å². The van der Waals surface area contributed by atoms with Gasteiger partial charge in [-0.15, -0.1) is 0 Å². The van der Waals surface area contributed by atoms with Gasteiger partial charge in [0, 0.05) is 19.5 Å². The molecule has 0 amide bonds. The van der Waals surface area contributed by atoms with Gasteiger partial charge in [-0.2, -0.15) is 0 Å². The quantitative estimate of drug-likeness (QED) is 0.840. The van der Waals surface area contributed by atoms with Gasteiger partial charge < -0.3 is 14.8 Å². The topological polar surface area (TPSA) is 30.5 Å². The Morgan fingerprint density at radius 2 is 2.44 bits per heavy atom. The predicted molar refractivity (Wildman–Crippen MR) is 63.9 cm³/mol. The molecule has 0 spiro atoms. The minimum atomic E-state index is 0.304. The van der Waals surface area contributed by atoms with Gasteiger partial charge in [0.25, 0.3) is 0 Å². The van der Waals surface area contributed by atoms with Crippen molar-refractivity contribution in [2.24, 2.45) is 0 Å². The van der Waals surface area contributed by atoms with Gasteiger partial charge in [-0.1, -0.05) is 12.1 Å². The summed E-state index contributed by atoms with van der Waals surface area (Å²) in [4.78, 5) is 0. The molecule has 2 rings (SSSR count). The van der Waals surface area contributed by atoms with Crippen LogP contribution in [0.25, 0.3) is 0 Å². The average molecular weight is 221 g/mol. The number of nitrogens with one attached hydrogen (secondary N) is 1. The minimum absolute atomic E-state index is 0.304. The molecule has 0 aromatic heterocycles. The molecule has 0 radical (unpaired) electrons. The number of rotatable bonds is 4. The summed E-state index contributed by atoms with van der Waals surface area (Å²) in [6.45, 7) is 5.51. The van der Waals surface area contributed by atoms with Gasteiger partial charge >= 0.3 is 0 Å². The maximum Gasteiger partial charge on any atom is 0.119 e. The first-order valence-electron chi connectivity index (χ1n) is 5.86. The summed E-state index contributed by atoms with van der Waals surface area (Å²) in [5, 5.41) is 3.31. The van der Waals surface area contributed by atoms with E-state index in [1.165, 1.54) is 5.56 Å². The van der Waals surface area contributed by atoms with E-state index < -0.39 is 0 Å². The van der Waals surface area contributed by atoms with Crippen LogP contribution in [-0.2, 0) is 4.74 Å². The Balaban J connectivity index is 1.71. The molecular weight excluding hydrogens is 202 g/mol. The SMILES string of the molecule is Cc1cccc(OCCC2CNCCO2)c1. The molecule has 0 bridgehead atoms. The summed E-state index contributed by atoms with van der Waals surface area (Å²) in [5.41, 5.74) is 1.23. The molecule has 1 aliphatic heterocycles. The largest absolute Gasteiger partial charge is 0.493 e. The Morgan fingerprint density at radius 1 is 1.50 bits per heavy atom. The van der Waals surface area contributed by atoms with E-state index in [1.807, 2.05) is 12.1 Å². The molecule has 1 heterocycles. The van der Waals surface area contributed by atoms with Gasteiger partial charge in [-0.3, -0.25) is 0 Å². The van der Waals surface area contributed by atoms with Gasteiger partial charge in [0.05, 0.1) is 19.3 Å². The van der Waals surface area contributed by atoms with Crippen LogP contribution in [0.1, 0.15) is 12.0 Å². The van der Waals surface area contributed by atoms with Gasteiger partial charge in [0.15, 0.2) is 0 Å². The highest BCUT2D eigenvalue weighted by molar-refractivity contribution is 5.27. The summed E-state index contributed by atoms with van der Waals surface area (Å²) in [6, 6.07) is 8.14. The molecule has 0 saturated carbocycles. The molecule has 88 valence electrons. The number of benzene rings is 1. The van der Waals surface area contributed by atoms with Crippen LogP contribution in [0.3, 0.4) is 0 Å². The van der Waals surface area contributed by atoms with Crippen LogP contribution < -0.4 is 10.1 Å². The second-order valence-corrected chi connectivity index (χ2v) is 4.15. The molecule has 1 aromatic rings. The minimum Gasteiger partial charge on any atom is -0.493 e. The molecule has 16 heavy (non-hydrogen) atoms. The number of hydrogen-bond donors (Lipinski definition) is 1. The van der Waals surface area contributed by atoms with Crippen molar-refractivity contribution in [1.82, 2.24) is 5.32 Å². The van der Waals surface area contributed by atoms with E-state index in [2.05, 4.69) is 24.4 Å². The first kappa shape index (κ1) is 11.4. The standard InChI is InChI=1S/C13H19NO2/c1-11-3-2-4-12(9-11)15-7-5-13-10-14-6-8-16-13/h2-4,9,13-14H,5-8,10H2,1H3. The van der Waals surface area contributed by atoms with Crippen LogP contribution in [0.4, 0.5) is 0 Å². The van der Waals surface area contributed by atoms with E-state index in [0.29, 0.717) is 6.10 Å². The number of aryl methyl sites for hydroxylation is 1. The van der Waals surface area contributed by atoms with Crippen molar-refractivity contribution in [2.75, 3.05) is 26.3 Å². The third kappa shape index (κ3) is 3.51. The van der Waals surface area contributed by atoms with Crippen LogP contribution in [0.2, 0.25) is 0 Å². The van der Waals surface area contributed by atoms with Gasteiger partial charge in [-0.05, 0) is 24.6 Å². The fourth-order valence-corrected chi connectivity index (χ4v) is 1.82. The highest BCUT2D eigenvalue weighted by atomic mass is 16.5. The Morgan fingerprint density at radius 3 is 3.19 bits per heavy atom. The lowest BCUT2D eigenvalue weighted by Crippen LogP contribution is -2.39. The number of morpholine rings is 1. The lowest BCUT2D eigenvalue weighted by Gasteiger charge is -2.23. The average Bonchev–Trinajstić information content (AvgIpc) is 2.30. The zero-order valence-electron chi connectivity index (χ0n) is 9.74. The third-order valence-electron chi connectivity index (χ3n) is 2.70. The fraction of sp³-hybridized carbons (Fsp3) is 0.538. The van der Waals surface area contributed by atoms with Gasteiger partial charge in [0.1, 0.15) is 5.75 Å². The molecule has 0 aliphatic carbocycles.